The lowest BCUT2D eigenvalue weighted by atomic mass is 10.1. The highest BCUT2D eigenvalue weighted by molar-refractivity contribution is 5.76. The predicted octanol–water partition coefficient (Wildman–Crippen LogP) is 2.48. The number of rotatable bonds is 2. The molecule has 0 unspecified atom stereocenters. The molecule has 4 heteroatoms. The van der Waals surface area contributed by atoms with Crippen molar-refractivity contribution in [1.29, 1.82) is 0 Å². The third-order valence-corrected chi connectivity index (χ3v) is 2.31. The molecule has 2 N–H and O–H groups in total. The Bertz CT molecular complexity index is 514. The second-order valence-electron chi connectivity index (χ2n) is 3.29. The van der Waals surface area contributed by atoms with Gasteiger partial charge in [0, 0.05) is 17.8 Å². The van der Waals surface area contributed by atoms with Gasteiger partial charge in [0.05, 0.1) is 12.8 Å². The fourth-order valence-corrected chi connectivity index (χ4v) is 1.48. The Kier molecular flexibility index (Phi) is 2.72. The van der Waals surface area contributed by atoms with Gasteiger partial charge in [-0.05, 0) is 17.7 Å². The number of hydrogen-bond acceptors (Lipinski definition) is 3. The third kappa shape index (κ3) is 1.82. The Morgan fingerprint density at radius 1 is 1.31 bits per heavy atom. The second-order valence-corrected chi connectivity index (χ2v) is 3.29. The van der Waals surface area contributed by atoms with Crippen LogP contribution in [0.2, 0.25) is 0 Å². The molecule has 2 rings (SSSR count). The minimum Gasteiger partial charge on any atom is -0.481 e. The van der Waals surface area contributed by atoms with E-state index in [1.165, 1.54) is 13.2 Å². The standard InChI is InChI=1S/C12H11FN2O/c1-16-11-7-8(5-6-15-11)9-3-2-4-10(13)12(9)14/h2-7H,14H2,1H3. The van der Waals surface area contributed by atoms with Crippen molar-refractivity contribution in [2.45, 2.75) is 0 Å². The number of halogens is 1. The lowest BCUT2D eigenvalue weighted by molar-refractivity contribution is 0.398. The van der Waals surface area contributed by atoms with Gasteiger partial charge in [-0.15, -0.1) is 0 Å². The molecule has 16 heavy (non-hydrogen) atoms. The summed E-state index contributed by atoms with van der Waals surface area (Å²) < 4.78 is 18.3. The number of nitrogens with two attached hydrogens (primary N) is 1. The number of pyridine rings is 1. The lowest BCUT2D eigenvalue weighted by Gasteiger charge is -2.07. The van der Waals surface area contributed by atoms with Gasteiger partial charge in [-0.3, -0.25) is 0 Å². The van der Waals surface area contributed by atoms with Crippen LogP contribution in [0.5, 0.6) is 5.88 Å². The average Bonchev–Trinajstić information content (AvgIpc) is 2.33. The molecule has 0 atom stereocenters. The van der Waals surface area contributed by atoms with Gasteiger partial charge in [-0.25, -0.2) is 9.37 Å². The van der Waals surface area contributed by atoms with Gasteiger partial charge < -0.3 is 10.5 Å². The number of methoxy groups -OCH3 is 1. The molecule has 0 aliphatic rings. The number of nitrogen functional groups attached to an aromatic ring is 1. The molecule has 2 aromatic rings. The van der Waals surface area contributed by atoms with E-state index in [0.717, 1.165) is 5.56 Å². The highest BCUT2D eigenvalue weighted by Gasteiger charge is 2.07. The van der Waals surface area contributed by atoms with Crippen molar-refractivity contribution in [2.75, 3.05) is 12.8 Å². The van der Waals surface area contributed by atoms with Crippen molar-refractivity contribution >= 4 is 5.69 Å². The van der Waals surface area contributed by atoms with Gasteiger partial charge >= 0.3 is 0 Å². The Morgan fingerprint density at radius 2 is 2.12 bits per heavy atom. The third-order valence-electron chi connectivity index (χ3n) is 2.31. The van der Waals surface area contributed by atoms with Crippen molar-refractivity contribution in [3.8, 4) is 17.0 Å². The van der Waals surface area contributed by atoms with E-state index < -0.39 is 5.82 Å². The first-order chi connectivity index (χ1) is 7.72. The van der Waals surface area contributed by atoms with Crippen LogP contribution in [0.4, 0.5) is 10.1 Å². The maximum Gasteiger partial charge on any atom is 0.213 e. The van der Waals surface area contributed by atoms with Crippen LogP contribution in [0.1, 0.15) is 0 Å². The molecule has 0 radical (unpaired) electrons. The van der Waals surface area contributed by atoms with E-state index in [1.807, 2.05) is 0 Å². The molecule has 1 aromatic heterocycles. The Labute approximate surface area is 92.7 Å². The summed E-state index contributed by atoms with van der Waals surface area (Å²) in [5, 5.41) is 0. The first kappa shape index (κ1) is 10.4. The Morgan fingerprint density at radius 3 is 2.88 bits per heavy atom. The molecular formula is C12H11FN2O. The van der Waals surface area contributed by atoms with Gasteiger partial charge in [-0.2, -0.15) is 0 Å². The first-order valence-corrected chi connectivity index (χ1v) is 4.77. The maximum absolute atomic E-state index is 13.3. The SMILES string of the molecule is COc1cc(-c2cccc(F)c2N)ccn1. The summed E-state index contributed by atoms with van der Waals surface area (Å²) >= 11 is 0. The monoisotopic (exact) mass is 218 g/mol. The zero-order valence-corrected chi connectivity index (χ0v) is 8.77. The minimum absolute atomic E-state index is 0.135. The molecule has 3 nitrogen and oxygen atoms in total. The van der Waals surface area contributed by atoms with Gasteiger partial charge in [0.2, 0.25) is 5.88 Å². The zero-order chi connectivity index (χ0) is 11.5. The van der Waals surface area contributed by atoms with Gasteiger partial charge in [-0.1, -0.05) is 12.1 Å². The highest BCUT2D eigenvalue weighted by Crippen LogP contribution is 2.28. The zero-order valence-electron chi connectivity index (χ0n) is 8.77. The van der Waals surface area contributed by atoms with Crippen LogP contribution in [0.15, 0.2) is 36.5 Å². The van der Waals surface area contributed by atoms with E-state index in [4.69, 9.17) is 10.5 Å². The Hall–Kier alpha value is -2.10. The van der Waals surface area contributed by atoms with Crippen LogP contribution in [0, 0.1) is 5.82 Å². The van der Waals surface area contributed by atoms with Crippen LogP contribution < -0.4 is 10.5 Å². The number of para-hydroxylation sites is 1. The van der Waals surface area contributed by atoms with E-state index in [9.17, 15) is 4.39 Å². The predicted molar refractivity (Wildman–Crippen MR) is 60.6 cm³/mol. The molecule has 0 aliphatic heterocycles. The van der Waals surface area contributed by atoms with E-state index in [2.05, 4.69) is 4.98 Å². The summed E-state index contributed by atoms with van der Waals surface area (Å²) in [5.74, 6) is 0.0504. The van der Waals surface area contributed by atoms with Gasteiger partial charge in [0.15, 0.2) is 0 Å². The van der Waals surface area contributed by atoms with E-state index >= 15 is 0 Å². The number of aromatic nitrogens is 1. The van der Waals surface area contributed by atoms with Crippen LogP contribution in [-0.2, 0) is 0 Å². The van der Waals surface area contributed by atoms with E-state index in [1.54, 1.807) is 30.5 Å². The summed E-state index contributed by atoms with van der Waals surface area (Å²) in [4.78, 5) is 3.98. The molecule has 0 amide bonds. The summed E-state index contributed by atoms with van der Waals surface area (Å²) in [7, 11) is 1.53. The number of ether oxygens (including phenoxy) is 1. The number of hydrogen-bond donors (Lipinski definition) is 1. The lowest BCUT2D eigenvalue weighted by Crippen LogP contribution is -1.95. The minimum atomic E-state index is -0.423. The van der Waals surface area contributed by atoms with Crippen molar-refractivity contribution in [2.24, 2.45) is 0 Å². The largest absolute Gasteiger partial charge is 0.481 e. The van der Waals surface area contributed by atoms with Crippen LogP contribution in [-0.4, -0.2) is 12.1 Å². The van der Waals surface area contributed by atoms with Crippen molar-refractivity contribution in [1.82, 2.24) is 4.98 Å². The molecular weight excluding hydrogens is 207 g/mol. The van der Waals surface area contributed by atoms with Crippen molar-refractivity contribution in [3.63, 3.8) is 0 Å². The van der Waals surface area contributed by atoms with Crippen LogP contribution in [0.25, 0.3) is 11.1 Å². The highest BCUT2D eigenvalue weighted by atomic mass is 19.1. The molecule has 1 heterocycles. The molecule has 0 bridgehead atoms. The first-order valence-electron chi connectivity index (χ1n) is 4.77. The van der Waals surface area contributed by atoms with Crippen molar-refractivity contribution < 1.29 is 9.13 Å². The van der Waals surface area contributed by atoms with E-state index in [0.29, 0.717) is 11.4 Å². The summed E-state index contributed by atoms with van der Waals surface area (Å²) in [5.41, 5.74) is 7.23. The van der Waals surface area contributed by atoms with Crippen LogP contribution in [0.3, 0.4) is 0 Å². The summed E-state index contributed by atoms with van der Waals surface area (Å²) in [6.07, 6.45) is 1.60. The fourth-order valence-electron chi connectivity index (χ4n) is 1.48. The smallest absolute Gasteiger partial charge is 0.213 e. The molecule has 0 fully saturated rings. The number of nitrogens with zero attached hydrogens (tertiary/aromatic N) is 1. The Balaban J connectivity index is 2.54. The summed E-state index contributed by atoms with van der Waals surface area (Å²) in [6, 6.07) is 8.18. The second kappa shape index (κ2) is 4.18. The van der Waals surface area contributed by atoms with Crippen LogP contribution >= 0.6 is 0 Å². The normalized spacial score (nSPS) is 10.1. The quantitative estimate of drug-likeness (QED) is 0.788. The van der Waals surface area contributed by atoms with E-state index in [-0.39, 0.29) is 5.69 Å². The molecule has 0 saturated heterocycles. The van der Waals surface area contributed by atoms with Crippen molar-refractivity contribution in [3.05, 3.63) is 42.3 Å². The fraction of sp³-hybridized carbons (Fsp3) is 0.0833. The molecule has 0 spiro atoms. The van der Waals surface area contributed by atoms with Gasteiger partial charge in [0.1, 0.15) is 5.82 Å². The number of anilines is 1. The number of benzene rings is 1. The maximum atomic E-state index is 13.3. The van der Waals surface area contributed by atoms with Gasteiger partial charge in [0.25, 0.3) is 0 Å². The molecule has 82 valence electrons. The topological polar surface area (TPSA) is 48.1 Å². The summed E-state index contributed by atoms with van der Waals surface area (Å²) in [6.45, 7) is 0. The molecule has 0 aliphatic carbocycles. The average molecular weight is 218 g/mol. The molecule has 0 saturated carbocycles. The molecule has 1 aromatic carbocycles.